The zero-order chi connectivity index (χ0) is 15.4. The van der Waals surface area contributed by atoms with E-state index in [-0.39, 0.29) is 0 Å². The lowest BCUT2D eigenvalue weighted by atomic mass is 9.97. The summed E-state index contributed by atoms with van der Waals surface area (Å²) in [6.07, 6.45) is 13.5. The van der Waals surface area contributed by atoms with Gasteiger partial charge in [-0.2, -0.15) is 0 Å². The van der Waals surface area contributed by atoms with Gasteiger partial charge in [0.2, 0.25) is 0 Å². The first kappa shape index (κ1) is 15.5. The number of hydrogen-bond donors (Lipinski definition) is 0. The number of rotatable bonds is 1. The van der Waals surface area contributed by atoms with E-state index in [4.69, 9.17) is 4.74 Å². The lowest BCUT2D eigenvalue weighted by Gasteiger charge is -2.10. The standard InChI is InChI=1S/C20H29NO/c1-21-19-12-10-8-6-4-3-5-7-9-11-17(19)18-15-16(22-2)13-14-20(18)21/h13-15H,3-12H2,1-2H3. The summed E-state index contributed by atoms with van der Waals surface area (Å²) in [5.41, 5.74) is 4.50. The van der Waals surface area contributed by atoms with Crippen molar-refractivity contribution in [1.82, 2.24) is 4.57 Å². The predicted molar refractivity (Wildman–Crippen MR) is 93.8 cm³/mol. The second kappa shape index (κ2) is 7.21. The number of methoxy groups -OCH3 is 1. The molecule has 0 fully saturated rings. The molecule has 1 aliphatic rings. The summed E-state index contributed by atoms with van der Waals surface area (Å²) >= 11 is 0. The molecule has 2 heteroatoms. The van der Waals surface area contributed by atoms with Gasteiger partial charge in [0.15, 0.2) is 0 Å². The van der Waals surface area contributed by atoms with Crippen molar-refractivity contribution in [1.29, 1.82) is 0 Å². The van der Waals surface area contributed by atoms with E-state index in [1.807, 2.05) is 0 Å². The van der Waals surface area contributed by atoms with Gasteiger partial charge in [-0.1, -0.05) is 38.5 Å². The first-order valence-electron chi connectivity index (χ1n) is 8.95. The van der Waals surface area contributed by atoms with Crippen LogP contribution in [0.4, 0.5) is 0 Å². The van der Waals surface area contributed by atoms with Gasteiger partial charge in [-0.05, 0) is 49.4 Å². The zero-order valence-corrected chi connectivity index (χ0v) is 14.2. The van der Waals surface area contributed by atoms with Gasteiger partial charge in [0.05, 0.1) is 7.11 Å². The summed E-state index contributed by atoms with van der Waals surface area (Å²) in [6.45, 7) is 0. The van der Waals surface area contributed by atoms with E-state index in [9.17, 15) is 0 Å². The van der Waals surface area contributed by atoms with Crippen molar-refractivity contribution < 1.29 is 4.74 Å². The van der Waals surface area contributed by atoms with Crippen LogP contribution in [0.5, 0.6) is 5.75 Å². The van der Waals surface area contributed by atoms with Gasteiger partial charge >= 0.3 is 0 Å². The highest BCUT2D eigenvalue weighted by molar-refractivity contribution is 5.87. The van der Waals surface area contributed by atoms with Crippen LogP contribution in [0.15, 0.2) is 18.2 Å². The van der Waals surface area contributed by atoms with Gasteiger partial charge in [0.1, 0.15) is 5.75 Å². The second-order valence-corrected chi connectivity index (χ2v) is 6.70. The molecule has 1 heterocycles. The van der Waals surface area contributed by atoms with Gasteiger partial charge in [-0.25, -0.2) is 0 Å². The van der Waals surface area contributed by atoms with Crippen LogP contribution >= 0.6 is 0 Å². The maximum Gasteiger partial charge on any atom is 0.119 e. The average molecular weight is 299 g/mol. The van der Waals surface area contributed by atoms with Crippen molar-refractivity contribution in [3.05, 3.63) is 29.5 Å². The molecular weight excluding hydrogens is 270 g/mol. The molecule has 0 unspecified atom stereocenters. The van der Waals surface area contributed by atoms with E-state index in [1.165, 1.54) is 75.1 Å². The summed E-state index contributed by atoms with van der Waals surface area (Å²) in [7, 11) is 4.00. The summed E-state index contributed by atoms with van der Waals surface area (Å²) < 4.78 is 7.88. The van der Waals surface area contributed by atoms with Crippen LogP contribution in [0, 0.1) is 0 Å². The van der Waals surface area contributed by atoms with Crippen LogP contribution in [0.3, 0.4) is 0 Å². The molecule has 2 nitrogen and oxygen atoms in total. The third-order valence-corrected chi connectivity index (χ3v) is 5.23. The smallest absolute Gasteiger partial charge is 0.119 e. The maximum atomic E-state index is 5.45. The monoisotopic (exact) mass is 299 g/mol. The van der Waals surface area contributed by atoms with E-state index < -0.39 is 0 Å². The molecule has 3 rings (SSSR count). The quantitative estimate of drug-likeness (QED) is 0.687. The predicted octanol–water partition coefficient (Wildman–Crippen LogP) is 5.41. The normalized spacial score (nSPS) is 17.5. The molecular formula is C20H29NO. The number of ether oxygens (including phenoxy) is 1. The first-order valence-corrected chi connectivity index (χ1v) is 8.95. The highest BCUT2D eigenvalue weighted by Gasteiger charge is 2.15. The number of fused-ring (bicyclic) bond motifs is 3. The molecule has 0 saturated carbocycles. The largest absolute Gasteiger partial charge is 0.497 e. The highest BCUT2D eigenvalue weighted by atomic mass is 16.5. The Morgan fingerprint density at radius 1 is 0.864 bits per heavy atom. The molecule has 1 aromatic heterocycles. The first-order chi connectivity index (χ1) is 10.8. The van der Waals surface area contributed by atoms with Crippen molar-refractivity contribution in [2.45, 2.75) is 64.2 Å². The lowest BCUT2D eigenvalue weighted by Crippen LogP contribution is -2.01. The Balaban J connectivity index is 1.99. The van der Waals surface area contributed by atoms with Crippen LogP contribution in [0.1, 0.15) is 62.6 Å². The molecule has 0 aliphatic heterocycles. The number of nitrogens with zero attached hydrogens (tertiary/aromatic N) is 1. The summed E-state index contributed by atoms with van der Waals surface area (Å²) in [5.74, 6) is 0.979. The molecule has 0 atom stereocenters. The Morgan fingerprint density at radius 3 is 2.18 bits per heavy atom. The number of benzene rings is 1. The van der Waals surface area contributed by atoms with Gasteiger partial charge in [-0.3, -0.25) is 0 Å². The van der Waals surface area contributed by atoms with E-state index >= 15 is 0 Å². The minimum Gasteiger partial charge on any atom is -0.497 e. The van der Waals surface area contributed by atoms with Crippen LogP contribution < -0.4 is 4.74 Å². The summed E-state index contributed by atoms with van der Waals surface area (Å²) in [6, 6.07) is 6.54. The van der Waals surface area contributed by atoms with Crippen LogP contribution in [0.2, 0.25) is 0 Å². The molecule has 1 aliphatic carbocycles. The van der Waals surface area contributed by atoms with Gasteiger partial charge in [0.25, 0.3) is 0 Å². The summed E-state index contributed by atoms with van der Waals surface area (Å²) in [4.78, 5) is 0. The Hall–Kier alpha value is -1.44. The molecule has 0 radical (unpaired) electrons. The molecule has 22 heavy (non-hydrogen) atoms. The van der Waals surface area contributed by atoms with E-state index in [0.29, 0.717) is 0 Å². The second-order valence-electron chi connectivity index (χ2n) is 6.70. The summed E-state index contributed by atoms with van der Waals surface area (Å²) in [5, 5.41) is 1.41. The van der Waals surface area contributed by atoms with Crippen LogP contribution in [0.25, 0.3) is 10.9 Å². The minimum absolute atomic E-state index is 0.979. The number of aromatic nitrogens is 1. The molecule has 2 aromatic rings. The maximum absolute atomic E-state index is 5.45. The SMILES string of the molecule is COc1ccc2c(c1)c1c(n2C)CCCCCCCCCC1. The molecule has 1 aromatic carbocycles. The van der Waals surface area contributed by atoms with E-state index in [2.05, 4.69) is 29.8 Å². The van der Waals surface area contributed by atoms with E-state index in [1.54, 1.807) is 18.4 Å². The molecule has 0 saturated heterocycles. The third kappa shape index (κ3) is 3.16. The Bertz CT molecular complexity index is 626. The van der Waals surface area contributed by atoms with Crippen LogP contribution in [-0.4, -0.2) is 11.7 Å². The van der Waals surface area contributed by atoms with Crippen molar-refractivity contribution in [2.75, 3.05) is 7.11 Å². The Kier molecular flexibility index (Phi) is 5.07. The van der Waals surface area contributed by atoms with Gasteiger partial charge < -0.3 is 9.30 Å². The fraction of sp³-hybridized carbons (Fsp3) is 0.600. The van der Waals surface area contributed by atoms with Gasteiger partial charge in [-0.15, -0.1) is 0 Å². The van der Waals surface area contributed by atoms with Crippen molar-refractivity contribution in [3.63, 3.8) is 0 Å². The highest BCUT2D eigenvalue weighted by Crippen LogP contribution is 2.31. The third-order valence-electron chi connectivity index (χ3n) is 5.23. The molecule has 0 N–H and O–H groups in total. The van der Waals surface area contributed by atoms with Crippen molar-refractivity contribution in [2.24, 2.45) is 7.05 Å². The Morgan fingerprint density at radius 2 is 1.50 bits per heavy atom. The molecule has 0 spiro atoms. The Labute approximate surface area is 134 Å². The number of hydrogen-bond acceptors (Lipinski definition) is 1. The van der Waals surface area contributed by atoms with Crippen molar-refractivity contribution >= 4 is 10.9 Å². The van der Waals surface area contributed by atoms with E-state index in [0.717, 1.165) is 5.75 Å². The average Bonchev–Trinajstić information content (AvgIpc) is 2.79. The fourth-order valence-electron chi connectivity index (χ4n) is 3.93. The van der Waals surface area contributed by atoms with Gasteiger partial charge in [0, 0.05) is 23.6 Å². The fourth-order valence-corrected chi connectivity index (χ4v) is 3.93. The minimum atomic E-state index is 0.979. The zero-order valence-electron chi connectivity index (χ0n) is 14.2. The number of aryl methyl sites for hydroxylation is 2. The molecule has 0 bridgehead atoms. The molecule has 120 valence electrons. The lowest BCUT2D eigenvalue weighted by molar-refractivity contribution is 0.415. The van der Waals surface area contributed by atoms with Crippen LogP contribution in [-0.2, 0) is 19.9 Å². The topological polar surface area (TPSA) is 14.2 Å². The van der Waals surface area contributed by atoms with Crippen molar-refractivity contribution in [3.8, 4) is 5.75 Å². The molecule has 0 amide bonds.